The molecule has 21 heavy (non-hydrogen) atoms. The lowest BCUT2D eigenvalue weighted by atomic mass is 10.4. The Balaban J connectivity index is 2.13. The largest absolute Gasteiger partial charge is 0.346 e. The highest BCUT2D eigenvalue weighted by Crippen LogP contribution is 2.30. The number of nitrogens with zero attached hydrogens (tertiary/aromatic N) is 6. The third kappa shape index (κ3) is 3.40. The summed E-state index contributed by atoms with van der Waals surface area (Å²) in [6.07, 6.45) is 1.40. The third-order valence-corrected chi connectivity index (χ3v) is 4.75. The zero-order valence-corrected chi connectivity index (χ0v) is 13.5. The Morgan fingerprint density at radius 1 is 1.52 bits per heavy atom. The Labute approximate surface area is 130 Å². The van der Waals surface area contributed by atoms with Gasteiger partial charge in [0, 0.05) is 13.1 Å². The zero-order valence-electron chi connectivity index (χ0n) is 11.9. The standard InChI is InChI=1S/C12H14N6OS2/c1-4-17(5-2)12(19)18-7-14-10(16-18)21-11-15-8(3)9(6-13)20-11/h7H,4-5H2,1-3H3. The molecule has 0 radical (unpaired) electrons. The van der Waals surface area contributed by atoms with Gasteiger partial charge in [-0.15, -0.1) is 5.10 Å². The molecule has 110 valence electrons. The number of rotatable bonds is 4. The lowest BCUT2D eigenvalue weighted by molar-refractivity contribution is 0.201. The topological polar surface area (TPSA) is 87.7 Å². The molecular weight excluding hydrogens is 308 g/mol. The van der Waals surface area contributed by atoms with Crippen LogP contribution >= 0.6 is 23.1 Å². The van der Waals surface area contributed by atoms with E-state index >= 15 is 0 Å². The lowest BCUT2D eigenvalue weighted by Crippen LogP contribution is -2.34. The van der Waals surface area contributed by atoms with Crippen molar-refractivity contribution in [1.82, 2.24) is 24.6 Å². The van der Waals surface area contributed by atoms with Crippen LogP contribution in [0.1, 0.15) is 24.4 Å². The van der Waals surface area contributed by atoms with Gasteiger partial charge in [-0.2, -0.15) is 9.94 Å². The molecule has 2 heterocycles. The van der Waals surface area contributed by atoms with Gasteiger partial charge in [-0.05, 0) is 32.5 Å². The summed E-state index contributed by atoms with van der Waals surface area (Å²) in [7, 11) is 0. The maximum atomic E-state index is 12.1. The van der Waals surface area contributed by atoms with Crippen molar-refractivity contribution in [3.8, 4) is 6.07 Å². The Bertz CT molecular complexity index is 682. The summed E-state index contributed by atoms with van der Waals surface area (Å²) in [6.45, 7) is 6.85. The molecule has 0 aliphatic carbocycles. The van der Waals surface area contributed by atoms with Crippen LogP contribution in [0, 0.1) is 18.3 Å². The summed E-state index contributed by atoms with van der Waals surface area (Å²) in [5.74, 6) is 0. The summed E-state index contributed by atoms with van der Waals surface area (Å²) in [6, 6.07) is 1.89. The monoisotopic (exact) mass is 322 g/mol. The third-order valence-electron chi connectivity index (χ3n) is 2.76. The Morgan fingerprint density at radius 3 is 2.81 bits per heavy atom. The zero-order chi connectivity index (χ0) is 15.4. The first kappa shape index (κ1) is 15.5. The van der Waals surface area contributed by atoms with E-state index in [9.17, 15) is 4.79 Å². The van der Waals surface area contributed by atoms with Crippen molar-refractivity contribution in [3.05, 3.63) is 16.9 Å². The van der Waals surface area contributed by atoms with Crippen LogP contribution in [0.4, 0.5) is 4.79 Å². The molecule has 2 aromatic rings. The fraction of sp³-hybridized carbons (Fsp3) is 0.417. The van der Waals surface area contributed by atoms with Crippen molar-refractivity contribution < 1.29 is 4.79 Å². The Hall–Kier alpha value is -1.92. The van der Waals surface area contributed by atoms with Gasteiger partial charge in [0.25, 0.3) is 0 Å². The molecule has 0 bridgehead atoms. The smallest absolute Gasteiger partial charge is 0.323 e. The summed E-state index contributed by atoms with van der Waals surface area (Å²) in [5, 5.41) is 13.5. The second-order valence-corrected chi connectivity index (χ2v) is 6.25. The second-order valence-electron chi connectivity index (χ2n) is 4.03. The SMILES string of the molecule is CCN(CC)C(=O)n1cnc(Sc2nc(C)c(C#N)s2)n1. The highest BCUT2D eigenvalue weighted by Gasteiger charge is 2.16. The fourth-order valence-corrected chi connectivity index (χ4v) is 3.43. The molecular formula is C12H14N6OS2. The van der Waals surface area contributed by atoms with E-state index in [4.69, 9.17) is 5.26 Å². The van der Waals surface area contributed by atoms with Gasteiger partial charge in [0.1, 0.15) is 17.3 Å². The molecule has 2 rings (SSSR count). The van der Waals surface area contributed by atoms with E-state index in [-0.39, 0.29) is 6.03 Å². The minimum absolute atomic E-state index is 0.201. The molecule has 0 saturated heterocycles. The van der Waals surface area contributed by atoms with E-state index in [1.54, 1.807) is 11.8 Å². The normalized spacial score (nSPS) is 10.4. The molecule has 0 saturated carbocycles. The van der Waals surface area contributed by atoms with Crippen molar-refractivity contribution in [2.45, 2.75) is 30.3 Å². The molecule has 7 nitrogen and oxygen atoms in total. The number of hydrogen-bond donors (Lipinski definition) is 0. The van der Waals surface area contributed by atoms with Crippen LogP contribution in [-0.2, 0) is 0 Å². The molecule has 9 heteroatoms. The number of aryl methyl sites for hydroxylation is 1. The van der Waals surface area contributed by atoms with Crippen LogP contribution in [0.3, 0.4) is 0 Å². The van der Waals surface area contributed by atoms with Crippen molar-refractivity contribution in [2.75, 3.05) is 13.1 Å². The van der Waals surface area contributed by atoms with Gasteiger partial charge in [-0.25, -0.2) is 14.8 Å². The lowest BCUT2D eigenvalue weighted by Gasteiger charge is -2.17. The molecule has 0 atom stereocenters. The average molecular weight is 322 g/mol. The first-order valence-electron chi connectivity index (χ1n) is 6.35. The number of hydrogen-bond acceptors (Lipinski definition) is 7. The Kier molecular flexibility index (Phi) is 4.93. The summed E-state index contributed by atoms with van der Waals surface area (Å²) < 4.78 is 1.91. The van der Waals surface area contributed by atoms with Gasteiger partial charge in [-0.1, -0.05) is 11.3 Å². The number of carbonyl (C=O) groups excluding carboxylic acids is 1. The number of nitriles is 1. The van der Waals surface area contributed by atoms with Crippen molar-refractivity contribution in [3.63, 3.8) is 0 Å². The van der Waals surface area contributed by atoms with E-state index in [0.717, 1.165) is 0 Å². The van der Waals surface area contributed by atoms with Gasteiger partial charge >= 0.3 is 6.03 Å². The summed E-state index contributed by atoms with van der Waals surface area (Å²) in [4.78, 5) is 22.7. The molecule has 0 aliphatic rings. The van der Waals surface area contributed by atoms with Crippen LogP contribution in [-0.4, -0.2) is 43.8 Å². The number of carbonyl (C=O) groups is 1. The van der Waals surface area contributed by atoms with Gasteiger partial charge in [0.15, 0.2) is 4.34 Å². The minimum atomic E-state index is -0.201. The molecule has 0 fully saturated rings. The molecule has 0 spiro atoms. The maximum Gasteiger partial charge on any atom is 0.346 e. The van der Waals surface area contributed by atoms with Gasteiger partial charge in [0.2, 0.25) is 5.16 Å². The molecule has 0 aromatic carbocycles. The van der Waals surface area contributed by atoms with Crippen LogP contribution < -0.4 is 0 Å². The van der Waals surface area contributed by atoms with Crippen LogP contribution in [0.15, 0.2) is 15.8 Å². The molecule has 1 amide bonds. The molecule has 0 unspecified atom stereocenters. The summed E-state index contributed by atoms with van der Waals surface area (Å²) >= 11 is 2.54. The maximum absolute atomic E-state index is 12.1. The van der Waals surface area contributed by atoms with Crippen LogP contribution in [0.5, 0.6) is 0 Å². The van der Waals surface area contributed by atoms with Crippen molar-refractivity contribution >= 4 is 29.1 Å². The number of thiazole rings is 1. The molecule has 0 aliphatic heterocycles. The Morgan fingerprint density at radius 2 is 2.24 bits per heavy atom. The van der Waals surface area contributed by atoms with Crippen molar-refractivity contribution in [2.24, 2.45) is 0 Å². The van der Waals surface area contributed by atoms with Crippen LogP contribution in [0.25, 0.3) is 0 Å². The highest BCUT2D eigenvalue weighted by atomic mass is 32.2. The van der Waals surface area contributed by atoms with E-state index in [1.165, 1.54) is 34.1 Å². The highest BCUT2D eigenvalue weighted by molar-refractivity contribution is 8.00. The number of amides is 1. The van der Waals surface area contributed by atoms with E-state index < -0.39 is 0 Å². The molecule has 2 aromatic heterocycles. The minimum Gasteiger partial charge on any atom is -0.323 e. The summed E-state index contributed by atoms with van der Waals surface area (Å²) in [5.41, 5.74) is 0.698. The fourth-order valence-electron chi connectivity index (χ4n) is 1.62. The van der Waals surface area contributed by atoms with Crippen LogP contribution in [0.2, 0.25) is 0 Å². The van der Waals surface area contributed by atoms with Gasteiger partial charge in [-0.3, -0.25) is 0 Å². The average Bonchev–Trinajstić information content (AvgIpc) is 3.07. The van der Waals surface area contributed by atoms with Gasteiger partial charge in [0.05, 0.1) is 5.69 Å². The quantitative estimate of drug-likeness (QED) is 0.858. The molecule has 0 N–H and O–H groups in total. The van der Waals surface area contributed by atoms with E-state index in [1.807, 2.05) is 13.8 Å². The predicted octanol–water partition coefficient (Wildman–Crippen LogP) is 2.38. The predicted molar refractivity (Wildman–Crippen MR) is 79.4 cm³/mol. The van der Waals surface area contributed by atoms with E-state index in [2.05, 4.69) is 21.1 Å². The van der Waals surface area contributed by atoms with E-state index in [0.29, 0.717) is 33.2 Å². The van der Waals surface area contributed by atoms with Gasteiger partial charge < -0.3 is 4.90 Å². The second kappa shape index (κ2) is 6.69. The first-order valence-corrected chi connectivity index (χ1v) is 7.98. The van der Waals surface area contributed by atoms with Crippen molar-refractivity contribution in [1.29, 1.82) is 5.26 Å². The number of aromatic nitrogens is 4. The first-order chi connectivity index (χ1) is 10.1.